The SMILES string of the molecule is C1=CC2=C(C1)c1c3c(cc4[n+]1C2CC4)C=CC3.C1=CC2=C(C1)c1c3c(cc4[n+]1C2CC4)CC=C3.C1=CC2=C(C1)c1cc3c(c4[n+]1C2CC4)C=CC3.C1=Cc2c(cc[n+]3c2C2=C4C(=CC2)CCC43)C1.C1=Cc2cc[n+]3c(c2C1)C1=C2C(=CC1)CCC23.CC.CC.CC.CC.CC.CC.CC.CC.CC.CC.CC.CC.CC.CC.CC. The first-order chi connectivity index (χ1) is 57.2. The number of hydrogen-bond acceptors (Lipinski definition) is 0. The van der Waals surface area contributed by atoms with Crippen molar-refractivity contribution >= 4 is 58.2 Å². The predicted octanol–water partition coefficient (Wildman–Crippen LogP) is 29.6. The van der Waals surface area contributed by atoms with Gasteiger partial charge in [0.25, 0.3) is 0 Å². The summed E-state index contributed by atoms with van der Waals surface area (Å²) < 4.78 is 13.0. The predicted molar refractivity (Wildman–Crippen MR) is 507 cm³/mol. The molecule has 25 rings (SSSR count). The van der Waals surface area contributed by atoms with Gasteiger partial charge in [-0.05, 0) is 116 Å². The summed E-state index contributed by atoms with van der Waals surface area (Å²) in [6.45, 7) is 60.0. The maximum atomic E-state index is 2.64. The Morgan fingerprint density at radius 3 is 1.20 bits per heavy atom. The minimum absolute atomic E-state index is 0.660. The second kappa shape index (κ2) is 47.3. The van der Waals surface area contributed by atoms with E-state index in [1.54, 1.807) is 123 Å². The lowest BCUT2D eigenvalue weighted by atomic mass is 9.98. The van der Waals surface area contributed by atoms with Gasteiger partial charge < -0.3 is 0 Å². The van der Waals surface area contributed by atoms with E-state index in [0.29, 0.717) is 30.2 Å². The molecule has 0 spiro atoms. The molecule has 0 aromatic carbocycles. The second-order valence-electron chi connectivity index (χ2n) is 27.5. The van der Waals surface area contributed by atoms with Gasteiger partial charge in [-0.3, -0.25) is 0 Å². The van der Waals surface area contributed by atoms with Gasteiger partial charge in [-0.25, -0.2) is 0 Å². The number of pyridine rings is 5. The lowest BCUT2D eigenvalue weighted by Crippen LogP contribution is -2.39. The molecule has 5 atom stereocenters. The van der Waals surface area contributed by atoms with Crippen molar-refractivity contribution in [2.75, 3.05) is 0 Å². The molecule has 0 bridgehead atoms. The summed E-state index contributed by atoms with van der Waals surface area (Å²) in [5, 5.41) is 0. The van der Waals surface area contributed by atoms with E-state index in [2.05, 4.69) is 175 Å². The van der Waals surface area contributed by atoms with Crippen molar-refractivity contribution in [2.24, 2.45) is 0 Å². The van der Waals surface area contributed by atoms with Crippen molar-refractivity contribution in [3.05, 3.63) is 262 Å². The Kier molecular flexibility index (Phi) is 39.4. The lowest BCUT2D eigenvalue weighted by molar-refractivity contribution is -0.710. The zero-order valence-electron chi connectivity index (χ0n) is 78.7. The zero-order valence-corrected chi connectivity index (χ0v) is 78.7. The fraction of sp³-hybridized carbons (Fsp3) is 0.500. The Hall–Kier alpha value is -8.15. The Morgan fingerprint density at radius 2 is 0.652 bits per heavy atom. The van der Waals surface area contributed by atoms with Gasteiger partial charge in [-0.15, -0.1) is 0 Å². The molecular weight excluding hydrogens is 1390 g/mol. The molecule has 0 saturated heterocycles. The summed E-state index contributed by atoms with van der Waals surface area (Å²) >= 11 is 0. The third kappa shape index (κ3) is 17.3. The summed E-state index contributed by atoms with van der Waals surface area (Å²) in [5.74, 6) is 0. The van der Waals surface area contributed by atoms with Crippen LogP contribution in [-0.4, -0.2) is 0 Å². The van der Waals surface area contributed by atoms with Crippen LogP contribution in [0.5, 0.6) is 0 Å². The molecule has 2 fully saturated rings. The minimum atomic E-state index is 0.660. The fourth-order valence-corrected chi connectivity index (χ4v) is 20.5. The molecule has 8 aliphatic heterocycles. The first-order valence-electron chi connectivity index (χ1n) is 48.0. The van der Waals surface area contributed by atoms with E-state index in [1.807, 2.05) is 208 Å². The highest BCUT2D eigenvalue weighted by molar-refractivity contribution is 5.86. The molecule has 20 aliphatic rings. The smallest absolute Gasteiger partial charge is 0.191 e. The van der Waals surface area contributed by atoms with Crippen molar-refractivity contribution in [1.29, 1.82) is 0 Å². The van der Waals surface area contributed by atoms with Gasteiger partial charge in [-0.2, -0.15) is 22.8 Å². The maximum absolute atomic E-state index is 2.64. The number of allylic oxidation sites excluding steroid dienone is 25. The highest BCUT2D eigenvalue weighted by Gasteiger charge is 2.52. The molecule has 2 saturated carbocycles. The Morgan fingerprint density at radius 1 is 0.270 bits per heavy atom. The largest absolute Gasteiger partial charge is 0.217 e. The third-order valence-corrected chi connectivity index (χ3v) is 23.8. The van der Waals surface area contributed by atoms with Crippen LogP contribution in [0.1, 0.15) is 416 Å². The van der Waals surface area contributed by atoms with Crippen LogP contribution >= 0.6 is 0 Å². The van der Waals surface area contributed by atoms with Crippen molar-refractivity contribution in [2.45, 2.75) is 366 Å². The highest BCUT2D eigenvalue weighted by Crippen LogP contribution is 2.54. The summed E-state index contributed by atoms with van der Waals surface area (Å²) in [6.07, 6.45) is 71.2. The zero-order chi connectivity index (χ0) is 84.9. The lowest BCUT2D eigenvalue weighted by Gasteiger charge is -2.07. The molecule has 5 aromatic rings. The van der Waals surface area contributed by atoms with Gasteiger partial charge in [0.15, 0.2) is 59.7 Å². The van der Waals surface area contributed by atoms with Gasteiger partial charge in [0.05, 0.1) is 0 Å². The van der Waals surface area contributed by atoms with E-state index in [0.717, 1.165) is 51.4 Å². The van der Waals surface area contributed by atoms with Crippen LogP contribution in [-0.2, 0) is 51.4 Å². The molecule has 0 radical (unpaired) electrons. The third-order valence-electron chi connectivity index (χ3n) is 23.8. The number of hydrogen-bond donors (Lipinski definition) is 0. The standard InChI is InChI=1S/5C16H14N.15C2H6/c2*1-3-10-9-11-7-8-15-13-5-2-6-14(13)16(17(11)15)12(10)4-1;1-3-10-9-16-13-6-2-5-12(13)15-8-7-14(17(15)16)11(10)4-1;2*1-2-10-8-9-17-14-7-5-11-4-6-13(15(11)14)16(17)12(10)3-1;15*1-2/h1-2,4-5,9,15H,3,6-8H2;1-3,5,9,15H,4,6-8H2;1-2,4-5,9,15H,3,6-8H2;1,3-4,8-9,14H,2,5-7H2;1-2,4,8-9,14H,3,5-7H2;15*1-2H3/q5*+1;;;;;;;;;;;;;;;. The maximum Gasteiger partial charge on any atom is 0.217 e. The van der Waals surface area contributed by atoms with E-state index in [-0.39, 0.29) is 0 Å². The number of rotatable bonds is 0. The molecule has 5 heteroatoms. The molecule has 0 amide bonds. The van der Waals surface area contributed by atoms with Crippen molar-refractivity contribution in [3.63, 3.8) is 0 Å². The first kappa shape index (κ1) is 95.7. The molecule has 115 heavy (non-hydrogen) atoms. The van der Waals surface area contributed by atoms with Crippen molar-refractivity contribution in [3.8, 4) is 0 Å². The summed E-state index contributed by atoms with van der Waals surface area (Å²) in [6, 6.07) is 15.3. The molecular formula is C110H160N5+5. The summed E-state index contributed by atoms with van der Waals surface area (Å²) in [7, 11) is 0. The van der Waals surface area contributed by atoms with Gasteiger partial charge in [0.2, 0.25) is 28.5 Å². The monoisotopic (exact) mass is 1550 g/mol. The Balaban J connectivity index is 0.000000206. The van der Waals surface area contributed by atoms with Crippen LogP contribution in [0.15, 0.2) is 161 Å². The molecule has 5 unspecified atom stereocenters. The number of aryl methyl sites for hydroxylation is 2. The van der Waals surface area contributed by atoms with Gasteiger partial charge in [0.1, 0.15) is 0 Å². The fourth-order valence-electron chi connectivity index (χ4n) is 20.5. The summed E-state index contributed by atoms with van der Waals surface area (Å²) in [5.41, 5.74) is 47.2. The van der Waals surface area contributed by atoms with Gasteiger partial charge in [0, 0.05) is 165 Å². The van der Waals surface area contributed by atoms with Crippen LogP contribution in [0, 0.1) is 0 Å². The summed E-state index contributed by atoms with van der Waals surface area (Å²) in [4.78, 5) is 0. The van der Waals surface area contributed by atoms with E-state index in [9.17, 15) is 0 Å². The average Bonchev–Trinajstić information content (AvgIpc) is 1.80. The highest BCUT2D eigenvalue weighted by atomic mass is 15.1. The van der Waals surface area contributed by atoms with E-state index in [4.69, 9.17) is 0 Å². The Bertz CT molecular complexity index is 4660. The number of nitrogens with zero attached hydrogens (tertiary/aromatic N) is 5. The van der Waals surface area contributed by atoms with E-state index < -0.39 is 0 Å². The molecule has 12 aliphatic carbocycles. The quantitative estimate of drug-likeness (QED) is 0.138. The van der Waals surface area contributed by atoms with Crippen LogP contribution in [0.25, 0.3) is 58.2 Å². The topological polar surface area (TPSA) is 19.4 Å². The Labute approximate surface area is 704 Å². The van der Waals surface area contributed by atoms with E-state index >= 15 is 0 Å². The van der Waals surface area contributed by atoms with Crippen LogP contribution in [0.4, 0.5) is 0 Å². The number of fused-ring (bicyclic) bond motifs is 22. The van der Waals surface area contributed by atoms with Crippen LogP contribution in [0.3, 0.4) is 0 Å². The average molecular weight is 1550 g/mol. The molecule has 620 valence electrons. The van der Waals surface area contributed by atoms with Gasteiger partial charge >= 0.3 is 0 Å². The van der Waals surface area contributed by atoms with Gasteiger partial charge in [-0.1, -0.05) is 317 Å². The van der Waals surface area contributed by atoms with Crippen LogP contribution < -0.4 is 22.8 Å². The van der Waals surface area contributed by atoms with Crippen molar-refractivity contribution < 1.29 is 22.8 Å². The second-order valence-corrected chi connectivity index (χ2v) is 27.5. The molecule has 0 N–H and O–H groups in total. The van der Waals surface area contributed by atoms with Crippen molar-refractivity contribution in [1.82, 2.24) is 0 Å². The molecule has 13 heterocycles. The minimum Gasteiger partial charge on any atom is -0.191 e. The molecule has 5 nitrogen and oxygen atoms in total. The normalized spacial score (nSPS) is 20.0. The van der Waals surface area contributed by atoms with Crippen LogP contribution in [0.2, 0.25) is 0 Å². The molecule has 5 aromatic heterocycles. The van der Waals surface area contributed by atoms with E-state index in [1.165, 1.54) is 122 Å². The first-order valence-corrected chi connectivity index (χ1v) is 48.0. The number of aromatic nitrogens is 5.